The molecule has 0 aliphatic carbocycles. The van der Waals surface area contributed by atoms with Crippen LogP contribution in [-0.2, 0) is 0 Å². The highest BCUT2D eigenvalue weighted by Gasteiger charge is 2.19. The van der Waals surface area contributed by atoms with Crippen LogP contribution in [0.3, 0.4) is 0 Å². The number of nitrogens with zero attached hydrogens (tertiary/aromatic N) is 2. The van der Waals surface area contributed by atoms with Gasteiger partial charge in [0.25, 0.3) is 5.91 Å². The Bertz CT molecular complexity index is 999. The molecule has 4 aromatic rings. The number of thiophene rings is 1. The molecule has 0 saturated carbocycles. The lowest BCUT2D eigenvalue weighted by Crippen LogP contribution is -2.18. The summed E-state index contributed by atoms with van der Waals surface area (Å²) in [5, 5.41) is 6.96. The number of hydrazone groups is 1. The maximum absolute atomic E-state index is 12.6. The van der Waals surface area contributed by atoms with Gasteiger partial charge in [-0.05, 0) is 17.5 Å². The van der Waals surface area contributed by atoms with Crippen molar-refractivity contribution in [1.29, 1.82) is 0 Å². The predicted molar refractivity (Wildman–Crippen MR) is 95.3 cm³/mol. The molecule has 1 amide bonds. The van der Waals surface area contributed by atoms with E-state index in [2.05, 4.69) is 25.5 Å². The van der Waals surface area contributed by atoms with Crippen molar-refractivity contribution in [2.75, 3.05) is 0 Å². The fourth-order valence-corrected chi connectivity index (χ4v) is 3.34. The number of benzene rings is 1. The standard InChI is InChI=1S/C17H13N5OS/c23-17(22-20-10-14-18-7-8-19-14)16-15(13-6-3-9-24-13)11-4-1-2-5-12(11)21-16/h1-10,21H,(H,18,19)(H,22,23)/b20-10-. The van der Waals surface area contributed by atoms with E-state index in [1.807, 2.05) is 41.8 Å². The Morgan fingerprint density at radius 3 is 2.96 bits per heavy atom. The molecule has 7 heteroatoms. The second-order valence-corrected chi connectivity index (χ2v) is 6.02. The summed E-state index contributed by atoms with van der Waals surface area (Å²) in [6.07, 6.45) is 4.77. The number of H-pyrrole nitrogens is 2. The Labute approximate surface area is 141 Å². The molecule has 0 aliphatic heterocycles. The molecule has 0 unspecified atom stereocenters. The smallest absolute Gasteiger partial charge is 0.288 e. The number of nitrogens with one attached hydrogen (secondary N) is 3. The van der Waals surface area contributed by atoms with Gasteiger partial charge in [0.1, 0.15) is 11.5 Å². The Kier molecular flexibility index (Phi) is 3.68. The van der Waals surface area contributed by atoms with E-state index in [4.69, 9.17) is 0 Å². The molecule has 118 valence electrons. The van der Waals surface area contributed by atoms with Crippen molar-refractivity contribution in [2.24, 2.45) is 5.10 Å². The minimum atomic E-state index is -0.294. The Balaban J connectivity index is 1.70. The first-order valence-electron chi connectivity index (χ1n) is 7.30. The van der Waals surface area contributed by atoms with E-state index in [1.165, 1.54) is 6.21 Å². The highest BCUT2D eigenvalue weighted by Crippen LogP contribution is 2.35. The monoisotopic (exact) mass is 335 g/mol. The first-order chi connectivity index (χ1) is 11.8. The van der Waals surface area contributed by atoms with Crippen LogP contribution in [0.15, 0.2) is 59.3 Å². The molecule has 0 aliphatic rings. The summed E-state index contributed by atoms with van der Waals surface area (Å²) in [6, 6.07) is 11.8. The van der Waals surface area contributed by atoms with Gasteiger partial charge in [-0.25, -0.2) is 10.4 Å². The summed E-state index contributed by atoms with van der Waals surface area (Å²) in [4.78, 5) is 23.7. The molecule has 0 atom stereocenters. The van der Waals surface area contributed by atoms with E-state index < -0.39 is 0 Å². The van der Waals surface area contributed by atoms with Crippen LogP contribution in [0.1, 0.15) is 16.3 Å². The van der Waals surface area contributed by atoms with E-state index in [-0.39, 0.29) is 5.91 Å². The molecule has 6 nitrogen and oxygen atoms in total. The van der Waals surface area contributed by atoms with Gasteiger partial charge >= 0.3 is 0 Å². The Hall–Kier alpha value is -3.19. The van der Waals surface area contributed by atoms with Crippen LogP contribution >= 0.6 is 11.3 Å². The maximum atomic E-state index is 12.6. The zero-order valence-corrected chi connectivity index (χ0v) is 13.3. The number of rotatable bonds is 4. The third-order valence-electron chi connectivity index (χ3n) is 3.57. The van der Waals surface area contributed by atoms with Crippen molar-refractivity contribution in [3.63, 3.8) is 0 Å². The van der Waals surface area contributed by atoms with Crippen molar-refractivity contribution >= 4 is 34.4 Å². The van der Waals surface area contributed by atoms with Crippen LogP contribution in [0.25, 0.3) is 21.3 Å². The number of carbonyl (C=O) groups excluding carboxylic acids is 1. The number of aromatic nitrogens is 3. The highest BCUT2D eigenvalue weighted by molar-refractivity contribution is 7.13. The molecular weight excluding hydrogens is 322 g/mol. The number of aromatic amines is 2. The molecule has 0 spiro atoms. The van der Waals surface area contributed by atoms with Gasteiger partial charge in [0.15, 0.2) is 0 Å². The van der Waals surface area contributed by atoms with E-state index in [9.17, 15) is 4.79 Å². The maximum Gasteiger partial charge on any atom is 0.288 e. The predicted octanol–water partition coefficient (Wildman–Crippen LogP) is 3.38. The van der Waals surface area contributed by atoms with Gasteiger partial charge in [-0.2, -0.15) is 5.10 Å². The lowest BCUT2D eigenvalue weighted by atomic mass is 10.1. The fourth-order valence-electron chi connectivity index (χ4n) is 2.55. The van der Waals surface area contributed by atoms with E-state index >= 15 is 0 Å². The molecule has 0 bridgehead atoms. The molecule has 3 N–H and O–H groups in total. The first-order valence-corrected chi connectivity index (χ1v) is 8.18. The second kappa shape index (κ2) is 6.13. The van der Waals surface area contributed by atoms with Crippen molar-refractivity contribution < 1.29 is 4.79 Å². The largest absolute Gasteiger partial charge is 0.350 e. The number of carbonyl (C=O) groups is 1. The number of imidazole rings is 1. The van der Waals surface area contributed by atoms with E-state index in [0.29, 0.717) is 11.5 Å². The summed E-state index contributed by atoms with van der Waals surface area (Å²) >= 11 is 1.60. The summed E-state index contributed by atoms with van der Waals surface area (Å²) < 4.78 is 0. The normalized spacial score (nSPS) is 11.3. The molecule has 4 rings (SSSR count). The number of para-hydroxylation sites is 1. The third kappa shape index (κ3) is 2.61. The summed E-state index contributed by atoms with van der Waals surface area (Å²) in [5.74, 6) is 0.280. The van der Waals surface area contributed by atoms with Crippen molar-refractivity contribution in [3.05, 3.63) is 65.7 Å². The Morgan fingerprint density at radius 1 is 1.25 bits per heavy atom. The average Bonchev–Trinajstić information content (AvgIpc) is 3.34. The van der Waals surface area contributed by atoms with Gasteiger partial charge in [-0.15, -0.1) is 11.3 Å². The number of hydrogen-bond donors (Lipinski definition) is 3. The third-order valence-corrected chi connectivity index (χ3v) is 4.46. The van der Waals surface area contributed by atoms with Crippen LogP contribution in [0.5, 0.6) is 0 Å². The van der Waals surface area contributed by atoms with Crippen LogP contribution in [0.4, 0.5) is 0 Å². The zero-order valence-electron chi connectivity index (χ0n) is 12.5. The van der Waals surface area contributed by atoms with Crippen LogP contribution in [0.2, 0.25) is 0 Å². The highest BCUT2D eigenvalue weighted by atomic mass is 32.1. The SMILES string of the molecule is O=C(N/N=C\c1ncc[nH]1)c1[nH]c2ccccc2c1-c1cccs1. The first kappa shape index (κ1) is 14.4. The molecule has 24 heavy (non-hydrogen) atoms. The lowest BCUT2D eigenvalue weighted by molar-refractivity contribution is 0.0951. The van der Waals surface area contributed by atoms with Gasteiger partial charge in [-0.1, -0.05) is 24.3 Å². The summed E-state index contributed by atoms with van der Waals surface area (Å²) in [5.41, 5.74) is 4.85. The number of fused-ring (bicyclic) bond motifs is 1. The Morgan fingerprint density at radius 2 is 2.17 bits per heavy atom. The minimum Gasteiger partial charge on any atom is -0.350 e. The number of hydrogen-bond acceptors (Lipinski definition) is 4. The molecule has 3 aromatic heterocycles. The van der Waals surface area contributed by atoms with Gasteiger partial charge in [0.2, 0.25) is 0 Å². The van der Waals surface area contributed by atoms with Crippen LogP contribution < -0.4 is 5.43 Å². The fraction of sp³-hybridized carbons (Fsp3) is 0. The molecule has 3 heterocycles. The topological polar surface area (TPSA) is 85.9 Å². The van der Waals surface area contributed by atoms with Crippen LogP contribution in [0, 0.1) is 0 Å². The summed E-state index contributed by atoms with van der Waals surface area (Å²) in [6.45, 7) is 0. The number of amides is 1. The molecular formula is C17H13N5OS. The zero-order chi connectivity index (χ0) is 16.4. The summed E-state index contributed by atoms with van der Waals surface area (Å²) in [7, 11) is 0. The quantitative estimate of drug-likeness (QED) is 0.394. The average molecular weight is 335 g/mol. The van der Waals surface area contributed by atoms with Gasteiger partial charge in [0, 0.05) is 33.7 Å². The van der Waals surface area contributed by atoms with E-state index in [1.54, 1.807) is 23.7 Å². The van der Waals surface area contributed by atoms with E-state index in [0.717, 1.165) is 21.3 Å². The molecule has 0 saturated heterocycles. The second-order valence-electron chi connectivity index (χ2n) is 5.07. The van der Waals surface area contributed by atoms with Gasteiger partial charge in [-0.3, -0.25) is 4.79 Å². The lowest BCUT2D eigenvalue weighted by Gasteiger charge is -2.01. The molecule has 0 radical (unpaired) electrons. The van der Waals surface area contributed by atoms with Crippen molar-refractivity contribution in [1.82, 2.24) is 20.4 Å². The van der Waals surface area contributed by atoms with Crippen molar-refractivity contribution in [2.45, 2.75) is 0 Å². The molecule has 0 fully saturated rings. The molecule has 1 aromatic carbocycles. The minimum absolute atomic E-state index is 0.294. The van der Waals surface area contributed by atoms with Gasteiger partial charge in [0.05, 0.1) is 6.21 Å². The van der Waals surface area contributed by atoms with Crippen LogP contribution in [-0.4, -0.2) is 27.1 Å². The van der Waals surface area contributed by atoms with Crippen molar-refractivity contribution in [3.8, 4) is 10.4 Å². The van der Waals surface area contributed by atoms with Gasteiger partial charge < -0.3 is 9.97 Å².